The van der Waals surface area contributed by atoms with Gasteiger partial charge >= 0.3 is 0 Å². The second-order valence-electron chi connectivity index (χ2n) is 13.2. The highest BCUT2D eigenvalue weighted by Gasteiger charge is 2.43. The minimum absolute atomic E-state index is 0.119. The smallest absolute Gasteiger partial charge is 0.0802 e. The molecule has 0 aromatic heterocycles. The Morgan fingerprint density at radius 1 is 0.927 bits per heavy atom. The molecule has 5 unspecified atom stereocenters. The van der Waals surface area contributed by atoms with Crippen LogP contribution in [0, 0.1) is 5.92 Å². The van der Waals surface area contributed by atoms with Crippen LogP contribution in [-0.2, 0) is 16.6 Å². The van der Waals surface area contributed by atoms with Gasteiger partial charge in [0.1, 0.15) is 0 Å². The molecule has 6 N–H and O–H groups in total. The number of benzene rings is 2. The highest BCUT2D eigenvalue weighted by Crippen LogP contribution is 2.51. The van der Waals surface area contributed by atoms with E-state index in [0.29, 0.717) is 24.3 Å². The summed E-state index contributed by atoms with van der Waals surface area (Å²) in [6, 6.07) is 17.2. The largest absolute Gasteiger partial charge is 0.390 e. The van der Waals surface area contributed by atoms with Gasteiger partial charge in [-0.25, -0.2) is 0 Å². The zero-order valence-electron chi connectivity index (χ0n) is 24.9. The van der Waals surface area contributed by atoms with Crippen LogP contribution in [0.1, 0.15) is 112 Å². The molecule has 0 aliphatic heterocycles. The average molecular weight is 561 g/mol. The van der Waals surface area contributed by atoms with E-state index in [9.17, 15) is 10.2 Å². The maximum absolute atomic E-state index is 11.6. The predicted octanol–water partition coefficient (Wildman–Crippen LogP) is 6.34. The lowest BCUT2D eigenvalue weighted by molar-refractivity contribution is -0.114. The number of rotatable bonds is 13. The minimum atomic E-state index is -0.655. The molecule has 5 nitrogen and oxygen atoms in total. The zero-order valence-corrected chi connectivity index (χ0v) is 24.9. The Labute approximate surface area is 247 Å². The van der Waals surface area contributed by atoms with Crippen LogP contribution in [0.2, 0.25) is 0 Å². The van der Waals surface area contributed by atoms with Gasteiger partial charge in [-0.1, -0.05) is 67.5 Å². The molecule has 2 aromatic carbocycles. The van der Waals surface area contributed by atoms with Crippen LogP contribution in [0.5, 0.6) is 0 Å². The van der Waals surface area contributed by atoms with Crippen LogP contribution >= 0.6 is 0 Å². The molecule has 5 rings (SSSR count). The van der Waals surface area contributed by atoms with E-state index in [4.69, 9.17) is 16.2 Å². The van der Waals surface area contributed by atoms with Crippen molar-refractivity contribution in [2.45, 2.75) is 119 Å². The molecule has 3 aliphatic carbocycles. The molecule has 3 aliphatic rings. The first kappa shape index (κ1) is 30.4. The van der Waals surface area contributed by atoms with Gasteiger partial charge in [0.15, 0.2) is 0 Å². The summed E-state index contributed by atoms with van der Waals surface area (Å²) in [6.45, 7) is 1.22. The lowest BCUT2D eigenvalue weighted by Gasteiger charge is -2.40. The Hall–Kier alpha value is -2.02. The molecule has 5 heteroatoms. The summed E-state index contributed by atoms with van der Waals surface area (Å²) in [5, 5.41) is 22.0. The maximum atomic E-state index is 11.6. The summed E-state index contributed by atoms with van der Waals surface area (Å²) in [5.74, 6) is 0.377. The minimum Gasteiger partial charge on any atom is -0.390 e. The van der Waals surface area contributed by atoms with Crippen LogP contribution in [0.3, 0.4) is 0 Å². The Bertz CT molecular complexity index is 1150. The summed E-state index contributed by atoms with van der Waals surface area (Å²) >= 11 is 0. The van der Waals surface area contributed by atoms with Gasteiger partial charge in [-0.15, -0.1) is 0 Å². The quantitative estimate of drug-likeness (QED) is 0.229. The summed E-state index contributed by atoms with van der Waals surface area (Å²) in [5.41, 5.74) is 16.0. The van der Waals surface area contributed by atoms with E-state index in [1.165, 1.54) is 36.8 Å². The molecule has 41 heavy (non-hydrogen) atoms. The van der Waals surface area contributed by atoms with Crippen molar-refractivity contribution < 1.29 is 14.9 Å². The zero-order chi connectivity index (χ0) is 28.7. The van der Waals surface area contributed by atoms with Crippen LogP contribution in [-0.4, -0.2) is 41.1 Å². The second kappa shape index (κ2) is 14.0. The lowest BCUT2D eigenvalue weighted by atomic mass is 9.78. The first-order valence-electron chi connectivity index (χ1n) is 16.3. The molecule has 0 bridgehead atoms. The number of aliphatic hydroxyl groups is 2. The van der Waals surface area contributed by atoms with Crippen molar-refractivity contribution in [1.29, 1.82) is 0 Å². The molecule has 0 radical (unpaired) electrons. The maximum Gasteiger partial charge on any atom is 0.0802 e. The molecular weight excluding hydrogens is 508 g/mol. The molecule has 0 spiro atoms. The van der Waals surface area contributed by atoms with Crippen molar-refractivity contribution in [2.75, 3.05) is 13.1 Å². The highest BCUT2D eigenvalue weighted by molar-refractivity contribution is 5.51. The van der Waals surface area contributed by atoms with Gasteiger partial charge in [0, 0.05) is 12.3 Å². The van der Waals surface area contributed by atoms with Crippen LogP contribution in [0.4, 0.5) is 0 Å². The number of aryl methyl sites for hydroxylation is 1. The molecule has 5 atom stereocenters. The Balaban J connectivity index is 1.17. The average Bonchev–Trinajstić information content (AvgIpc) is 3.77. The molecular formula is C36H52N2O3. The van der Waals surface area contributed by atoms with Crippen LogP contribution < -0.4 is 11.5 Å². The third kappa shape index (κ3) is 8.09. The van der Waals surface area contributed by atoms with Crippen molar-refractivity contribution >= 4 is 6.08 Å². The molecule has 3 saturated carbocycles. The normalized spacial score (nSPS) is 28.5. The summed E-state index contributed by atoms with van der Waals surface area (Å²) in [6.07, 6.45) is 18.4. The fourth-order valence-corrected chi connectivity index (χ4v) is 7.36. The van der Waals surface area contributed by atoms with E-state index in [1.807, 2.05) is 12.1 Å². The first-order chi connectivity index (χ1) is 19.9. The van der Waals surface area contributed by atoms with E-state index in [-0.39, 0.29) is 12.2 Å². The topological polar surface area (TPSA) is 102 Å². The van der Waals surface area contributed by atoms with Crippen LogP contribution in [0.25, 0.3) is 6.08 Å². The number of hydrogen-bond donors (Lipinski definition) is 4. The van der Waals surface area contributed by atoms with Gasteiger partial charge in [-0.3, -0.25) is 0 Å². The molecule has 3 fully saturated rings. The standard InChI is InChI=1S/C36H52N2O3/c37-22-16-33(39)30-9-3-6-27(24-30)13-14-29-8-1-2-12-34(29)41-32-11-5-17-36(40,26-32)18-15-28-7-4-10-31(25-28)35(19-20-35)21-23-38/h3-4,6-7,9-10,13-14,24-25,29,32-34,39-40H,1-2,5,8,11-12,15-23,26,37-38H2/b14-13+. The van der Waals surface area contributed by atoms with Gasteiger partial charge in [0.05, 0.1) is 23.9 Å². The van der Waals surface area contributed by atoms with Gasteiger partial charge in [-0.05, 0) is 117 Å². The molecule has 0 amide bonds. The van der Waals surface area contributed by atoms with Gasteiger partial charge < -0.3 is 26.4 Å². The van der Waals surface area contributed by atoms with Crippen molar-refractivity contribution in [3.63, 3.8) is 0 Å². The van der Waals surface area contributed by atoms with E-state index >= 15 is 0 Å². The van der Waals surface area contributed by atoms with Crippen molar-refractivity contribution in [1.82, 2.24) is 0 Å². The molecule has 224 valence electrons. The first-order valence-corrected chi connectivity index (χ1v) is 16.3. The lowest BCUT2D eigenvalue weighted by Crippen LogP contribution is -2.41. The van der Waals surface area contributed by atoms with E-state index < -0.39 is 11.7 Å². The Kier molecular flexibility index (Phi) is 10.4. The van der Waals surface area contributed by atoms with Gasteiger partial charge in [0.2, 0.25) is 0 Å². The number of nitrogens with two attached hydrogens (primary N) is 2. The predicted molar refractivity (Wildman–Crippen MR) is 167 cm³/mol. The van der Waals surface area contributed by atoms with Gasteiger partial charge in [0.25, 0.3) is 0 Å². The molecule has 2 aromatic rings. The Morgan fingerprint density at radius 2 is 1.76 bits per heavy atom. The Morgan fingerprint density at radius 3 is 2.56 bits per heavy atom. The third-order valence-corrected chi connectivity index (χ3v) is 10.1. The SMILES string of the molecule is NCCC(O)c1cccc(/C=C/C2CCCCC2OC2CCCC(O)(CCc3cccc(C4(CCN)CC4)c3)C2)c1. The molecule has 0 heterocycles. The van der Waals surface area contributed by atoms with Crippen molar-refractivity contribution in [3.8, 4) is 0 Å². The fourth-order valence-electron chi connectivity index (χ4n) is 7.36. The third-order valence-electron chi connectivity index (χ3n) is 10.1. The number of ether oxygens (including phenoxy) is 1. The van der Waals surface area contributed by atoms with E-state index in [1.54, 1.807) is 0 Å². The number of hydrogen-bond acceptors (Lipinski definition) is 5. The summed E-state index contributed by atoms with van der Waals surface area (Å²) in [7, 11) is 0. The van der Waals surface area contributed by atoms with E-state index in [2.05, 4.69) is 48.6 Å². The van der Waals surface area contributed by atoms with E-state index in [0.717, 1.165) is 75.5 Å². The summed E-state index contributed by atoms with van der Waals surface area (Å²) < 4.78 is 6.80. The van der Waals surface area contributed by atoms with Crippen LogP contribution in [0.15, 0.2) is 54.6 Å². The molecule has 0 saturated heterocycles. The van der Waals surface area contributed by atoms with Crippen molar-refractivity contribution in [3.05, 3.63) is 76.9 Å². The highest BCUT2D eigenvalue weighted by atomic mass is 16.5. The van der Waals surface area contributed by atoms with Gasteiger partial charge in [-0.2, -0.15) is 0 Å². The fraction of sp³-hybridized carbons (Fsp3) is 0.611. The summed E-state index contributed by atoms with van der Waals surface area (Å²) in [4.78, 5) is 0. The van der Waals surface area contributed by atoms with Crippen molar-refractivity contribution in [2.24, 2.45) is 17.4 Å². The second-order valence-corrected chi connectivity index (χ2v) is 13.2. The monoisotopic (exact) mass is 560 g/mol. The number of aliphatic hydroxyl groups excluding tert-OH is 1.